The molecule has 0 aliphatic carbocycles. The van der Waals surface area contributed by atoms with Crippen molar-refractivity contribution in [3.05, 3.63) is 71.2 Å². The van der Waals surface area contributed by atoms with Gasteiger partial charge in [-0.3, -0.25) is 0 Å². The van der Waals surface area contributed by atoms with E-state index in [0.717, 1.165) is 18.2 Å². The Morgan fingerprint density at radius 2 is 1.88 bits per heavy atom. The van der Waals surface area contributed by atoms with Gasteiger partial charge in [0.2, 0.25) is 0 Å². The van der Waals surface area contributed by atoms with E-state index in [1.54, 1.807) is 4.57 Å². The van der Waals surface area contributed by atoms with Gasteiger partial charge in [0.25, 0.3) is 0 Å². The van der Waals surface area contributed by atoms with Crippen molar-refractivity contribution in [1.29, 1.82) is 0 Å². The Bertz CT molecular complexity index is 928. The van der Waals surface area contributed by atoms with Crippen LogP contribution < -0.4 is 0 Å². The van der Waals surface area contributed by atoms with Crippen molar-refractivity contribution < 1.29 is 27.5 Å². The van der Waals surface area contributed by atoms with Crippen LogP contribution in [-0.2, 0) is 12.7 Å². The minimum absolute atomic E-state index is 0.0157. The van der Waals surface area contributed by atoms with Crippen LogP contribution in [-0.4, -0.2) is 15.6 Å². The predicted molar refractivity (Wildman–Crippen MR) is 79.4 cm³/mol. The number of aromatic carboxylic acids is 1. The third-order valence-electron chi connectivity index (χ3n) is 3.75. The number of fused-ring (bicyclic) bond motifs is 1. The number of alkyl halides is 3. The highest BCUT2D eigenvalue weighted by Crippen LogP contribution is 2.32. The number of carbonyl (C=O) groups is 1. The van der Waals surface area contributed by atoms with Gasteiger partial charge in [-0.05, 0) is 30.3 Å². The summed E-state index contributed by atoms with van der Waals surface area (Å²) in [6, 6.07) is 8.83. The second-order valence-electron chi connectivity index (χ2n) is 5.30. The van der Waals surface area contributed by atoms with E-state index in [0.29, 0.717) is 10.9 Å². The molecule has 0 aliphatic heterocycles. The van der Waals surface area contributed by atoms with Gasteiger partial charge in [-0.2, -0.15) is 13.2 Å². The molecular weight excluding hydrogens is 326 g/mol. The number of benzene rings is 2. The number of rotatable bonds is 3. The monoisotopic (exact) mass is 337 g/mol. The summed E-state index contributed by atoms with van der Waals surface area (Å²) in [6.45, 7) is 0.0157. The average molecular weight is 337 g/mol. The minimum Gasteiger partial charge on any atom is -0.478 e. The summed E-state index contributed by atoms with van der Waals surface area (Å²) < 4.78 is 54.0. The van der Waals surface area contributed by atoms with Crippen molar-refractivity contribution in [3.63, 3.8) is 0 Å². The fourth-order valence-corrected chi connectivity index (χ4v) is 2.56. The summed E-state index contributed by atoms with van der Waals surface area (Å²) in [6.07, 6.45) is -2.89. The van der Waals surface area contributed by atoms with Crippen LogP contribution in [0.4, 0.5) is 17.6 Å². The lowest BCUT2D eigenvalue weighted by Gasteiger charge is -2.10. The molecular formula is C17H11F4NO2. The molecule has 0 bridgehead atoms. The number of aromatic nitrogens is 1. The molecule has 124 valence electrons. The Labute approximate surface area is 133 Å². The van der Waals surface area contributed by atoms with Crippen molar-refractivity contribution in [1.82, 2.24) is 4.57 Å². The molecule has 0 atom stereocenters. The molecule has 1 N–H and O–H groups in total. The highest BCUT2D eigenvalue weighted by atomic mass is 19.4. The molecule has 0 radical (unpaired) electrons. The minimum atomic E-state index is -4.43. The first-order chi connectivity index (χ1) is 11.3. The van der Waals surface area contributed by atoms with Gasteiger partial charge >= 0.3 is 12.1 Å². The number of carboxylic acid groups (broad SMARTS) is 1. The SMILES string of the molecule is O=C(O)c1cccc(Cn2ccc3cc(C(F)(F)F)ccc32)c1F. The Balaban J connectivity index is 2.00. The van der Waals surface area contributed by atoms with Crippen molar-refractivity contribution in [2.45, 2.75) is 12.7 Å². The molecule has 0 amide bonds. The van der Waals surface area contributed by atoms with Crippen LogP contribution in [0.1, 0.15) is 21.5 Å². The van der Waals surface area contributed by atoms with Crippen molar-refractivity contribution in [3.8, 4) is 0 Å². The van der Waals surface area contributed by atoms with Crippen LogP contribution in [0.2, 0.25) is 0 Å². The van der Waals surface area contributed by atoms with E-state index in [-0.39, 0.29) is 12.1 Å². The maximum absolute atomic E-state index is 14.2. The highest BCUT2D eigenvalue weighted by molar-refractivity contribution is 5.88. The first kappa shape index (κ1) is 16.0. The molecule has 1 heterocycles. The van der Waals surface area contributed by atoms with Gasteiger partial charge in [-0.1, -0.05) is 12.1 Å². The van der Waals surface area contributed by atoms with Crippen LogP contribution in [0.15, 0.2) is 48.7 Å². The van der Waals surface area contributed by atoms with Crippen LogP contribution in [0.5, 0.6) is 0 Å². The molecule has 3 nitrogen and oxygen atoms in total. The molecule has 0 saturated carbocycles. The Hall–Kier alpha value is -2.83. The lowest BCUT2D eigenvalue weighted by Crippen LogP contribution is -2.07. The fraction of sp³-hybridized carbons (Fsp3) is 0.118. The topological polar surface area (TPSA) is 42.2 Å². The molecule has 2 aromatic carbocycles. The molecule has 0 fully saturated rings. The van der Waals surface area contributed by atoms with Crippen LogP contribution in [0.3, 0.4) is 0 Å². The molecule has 24 heavy (non-hydrogen) atoms. The highest BCUT2D eigenvalue weighted by Gasteiger charge is 2.30. The van der Waals surface area contributed by atoms with Gasteiger partial charge in [0.15, 0.2) is 0 Å². The molecule has 3 rings (SSSR count). The van der Waals surface area contributed by atoms with Crippen molar-refractivity contribution >= 4 is 16.9 Å². The van der Waals surface area contributed by atoms with Crippen LogP contribution >= 0.6 is 0 Å². The van der Waals surface area contributed by atoms with Gasteiger partial charge in [0.1, 0.15) is 5.82 Å². The fourth-order valence-electron chi connectivity index (χ4n) is 2.56. The zero-order chi connectivity index (χ0) is 17.5. The molecule has 1 aromatic heterocycles. The number of carboxylic acids is 1. The maximum atomic E-state index is 14.2. The van der Waals surface area contributed by atoms with E-state index in [1.807, 2.05) is 0 Å². The van der Waals surface area contributed by atoms with Crippen LogP contribution in [0, 0.1) is 5.82 Å². The second-order valence-corrected chi connectivity index (χ2v) is 5.30. The summed E-state index contributed by atoms with van der Waals surface area (Å²) in [5.74, 6) is -2.22. The van der Waals surface area contributed by atoms with Gasteiger partial charge in [-0.25, -0.2) is 9.18 Å². The summed E-state index contributed by atoms with van der Waals surface area (Å²) in [5, 5.41) is 9.32. The second kappa shape index (κ2) is 5.67. The third kappa shape index (κ3) is 2.84. The lowest BCUT2D eigenvalue weighted by atomic mass is 10.1. The molecule has 7 heteroatoms. The Kier molecular flexibility index (Phi) is 3.79. The van der Waals surface area contributed by atoms with E-state index >= 15 is 0 Å². The standard InChI is InChI=1S/C17H11F4NO2/c18-15-11(2-1-3-13(15)16(23)24)9-22-7-6-10-8-12(17(19,20)21)4-5-14(10)22/h1-8H,9H2,(H,23,24). The van der Waals surface area contributed by atoms with Crippen molar-refractivity contribution in [2.24, 2.45) is 0 Å². The van der Waals surface area contributed by atoms with Crippen molar-refractivity contribution in [2.75, 3.05) is 0 Å². The van der Waals surface area contributed by atoms with Gasteiger partial charge < -0.3 is 9.67 Å². The third-order valence-corrected chi connectivity index (χ3v) is 3.75. The van der Waals surface area contributed by atoms with Gasteiger partial charge in [-0.15, -0.1) is 0 Å². The Morgan fingerprint density at radius 1 is 1.12 bits per heavy atom. The first-order valence-corrected chi connectivity index (χ1v) is 6.94. The average Bonchev–Trinajstić information content (AvgIpc) is 2.90. The predicted octanol–water partition coefficient (Wildman–Crippen LogP) is 4.55. The van der Waals surface area contributed by atoms with Gasteiger partial charge in [0.05, 0.1) is 17.7 Å². The van der Waals surface area contributed by atoms with Crippen LogP contribution in [0.25, 0.3) is 10.9 Å². The Morgan fingerprint density at radius 3 is 2.54 bits per heavy atom. The molecule has 0 spiro atoms. The summed E-state index contributed by atoms with van der Waals surface area (Å²) in [4.78, 5) is 11.0. The maximum Gasteiger partial charge on any atom is 0.416 e. The van der Waals surface area contributed by atoms with E-state index in [1.165, 1.54) is 30.5 Å². The summed E-state index contributed by atoms with van der Waals surface area (Å²) in [7, 11) is 0. The van der Waals surface area contributed by atoms with E-state index in [2.05, 4.69) is 0 Å². The molecule has 0 unspecified atom stereocenters. The molecule has 0 saturated heterocycles. The number of hydrogen-bond donors (Lipinski definition) is 1. The van der Waals surface area contributed by atoms with Gasteiger partial charge in [0, 0.05) is 22.7 Å². The summed E-state index contributed by atoms with van der Waals surface area (Å²) >= 11 is 0. The zero-order valence-corrected chi connectivity index (χ0v) is 12.1. The lowest BCUT2D eigenvalue weighted by molar-refractivity contribution is -0.137. The molecule has 3 aromatic rings. The molecule has 0 aliphatic rings. The van der Waals surface area contributed by atoms with E-state index < -0.39 is 29.1 Å². The zero-order valence-electron chi connectivity index (χ0n) is 12.1. The quantitative estimate of drug-likeness (QED) is 0.713. The van der Waals surface area contributed by atoms with E-state index in [4.69, 9.17) is 5.11 Å². The normalized spacial score (nSPS) is 11.8. The number of hydrogen-bond acceptors (Lipinski definition) is 1. The summed E-state index contributed by atoms with van der Waals surface area (Å²) in [5.41, 5.74) is -0.550. The number of nitrogens with zero attached hydrogens (tertiary/aromatic N) is 1. The smallest absolute Gasteiger partial charge is 0.416 e. The van der Waals surface area contributed by atoms with E-state index in [9.17, 15) is 22.4 Å². The number of halogens is 4. The first-order valence-electron chi connectivity index (χ1n) is 6.94. The largest absolute Gasteiger partial charge is 0.478 e.